The number of unbranched alkanes of at least 4 members (excludes halogenated alkanes) is 2. The smallest absolute Gasteiger partial charge is 0.314 e. The first-order chi connectivity index (χ1) is 14.2. The van der Waals surface area contributed by atoms with Gasteiger partial charge in [0.05, 0.1) is 14.2 Å². The third kappa shape index (κ3) is 11.1. The number of hydrogen-bond donors (Lipinski definition) is 0. The summed E-state index contributed by atoms with van der Waals surface area (Å²) in [6.45, 7) is 6.77. The molecule has 0 saturated heterocycles. The van der Waals surface area contributed by atoms with E-state index in [0.29, 0.717) is 44.4 Å². The van der Waals surface area contributed by atoms with Gasteiger partial charge >= 0.3 is 15.6 Å². The molecule has 10 nitrogen and oxygen atoms in total. The van der Waals surface area contributed by atoms with Gasteiger partial charge in [-0.3, -0.25) is 8.37 Å². The first-order valence-electron chi connectivity index (χ1n) is 9.95. The highest BCUT2D eigenvalue weighted by Crippen LogP contribution is 2.45. The molecule has 0 amide bonds. The zero-order valence-corrected chi connectivity index (χ0v) is 22.6. The molecule has 0 aromatic heterocycles. The summed E-state index contributed by atoms with van der Waals surface area (Å²) in [5, 5.41) is -2.15. The molecule has 0 aromatic carbocycles. The lowest BCUT2D eigenvalue weighted by Crippen LogP contribution is -2.28. The molecule has 0 aliphatic carbocycles. The van der Waals surface area contributed by atoms with Crippen LogP contribution in [0.3, 0.4) is 0 Å². The van der Waals surface area contributed by atoms with Crippen molar-refractivity contribution in [2.75, 3.05) is 38.4 Å². The summed E-state index contributed by atoms with van der Waals surface area (Å²) in [4.78, 5) is 0. The van der Waals surface area contributed by atoms with E-state index in [4.69, 9.17) is 9.47 Å². The van der Waals surface area contributed by atoms with Crippen LogP contribution < -0.4 is 0 Å². The number of hydrogen-bond acceptors (Lipinski definition) is 10. The average molecular weight is 527 g/mol. The summed E-state index contributed by atoms with van der Waals surface area (Å²) in [5.74, 6) is -1.33. The van der Waals surface area contributed by atoms with E-state index in [0.717, 1.165) is 14.2 Å². The molecule has 184 valence electrons. The Kier molecular flexibility index (Phi) is 13.6. The Morgan fingerprint density at radius 1 is 0.677 bits per heavy atom. The van der Waals surface area contributed by atoms with Crippen LogP contribution in [0.5, 0.6) is 0 Å². The molecule has 4 atom stereocenters. The normalized spacial score (nSPS) is 17.6. The van der Waals surface area contributed by atoms with Crippen molar-refractivity contribution in [3.63, 3.8) is 0 Å². The second-order valence-corrected chi connectivity index (χ2v) is 15.0. The molecule has 0 aliphatic rings. The van der Waals surface area contributed by atoms with E-state index in [-0.39, 0.29) is 0 Å². The summed E-state index contributed by atoms with van der Waals surface area (Å²) in [7, 11) is -9.20. The summed E-state index contributed by atoms with van der Waals surface area (Å²) < 4.78 is 90.6. The van der Waals surface area contributed by atoms with Crippen molar-refractivity contribution in [1.82, 2.24) is 0 Å². The minimum Gasteiger partial charge on any atom is -0.314 e. The van der Waals surface area contributed by atoms with Crippen molar-refractivity contribution in [2.45, 2.75) is 70.5 Å². The molecule has 0 spiro atoms. The molecule has 0 aliphatic heterocycles. The highest BCUT2D eigenvalue weighted by molar-refractivity contribution is 7.86. The molecular weight excluding hydrogens is 490 g/mol. The average Bonchev–Trinajstić information content (AvgIpc) is 2.75. The van der Waals surface area contributed by atoms with E-state index >= 15 is 0 Å². The molecule has 0 aromatic rings. The van der Waals surface area contributed by atoms with Gasteiger partial charge in [0.2, 0.25) is 0 Å². The molecular formula is C17H36O10P2S2+2. The van der Waals surface area contributed by atoms with Crippen LogP contribution in [0.1, 0.15) is 59.8 Å². The minimum absolute atomic E-state index is 0.344. The van der Waals surface area contributed by atoms with Crippen molar-refractivity contribution < 1.29 is 43.8 Å². The van der Waals surface area contributed by atoms with Crippen molar-refractivity contribution in [3.8, 4) is 0 Å². The van der Waals surface area contributed by atoms with E-state index in [2.05, 4.69) is 8.37 Å². The Bertz CT molecular complexity index is 734. The molecule has 14 heteroatoms. The van der Waals surface area contributed by atoms with Crippen molar-refractivity contribution in [1.29, 1.82) is 0 Å². The summed E-state index contributed by atoms with van der Waals surface area (Å²) in [6.07, 6.45) is 3.29. The van der Waals surface area contributed by atoms with Gasteiger partial charge in [0.15, 0.2) is 11.9 Å². The van der Waals surface area contributed by atoms with Gasteiger partial charge in [-0.25, -0.2) is 0 Å². The van der Waals surface area contributed by atoms with Gasteiger partial charge in [-0.05, 0) is 19.3 Å². The van der Waals surface area contributed by atoms with Crippen LogP contribution >= 0.6 is 15.6 Å². The van der Waals surface area contributed by atoms with Crippen LogP contribution in [-0.2, 0) is 47.2 Å². The maximum atomic E-state index is 12.7. The SMILES string of the molecule is CCC(C)(OCS(=O)(=O)OC)[P+](=O)CCCCC[P+](=O)C(C)(CC)OCS(=O)(=O)OC. The van der Waals surface area contributed by atoms with Gasteiger partial charge in [-0.2, -0.15) is 16.8 Å². The lowest BCUT2D eigenvalue weighted by molar-refractivity contribution is 0.0556. The van der Waals surface area contributed by atoms with E-state index < -0.39 is 58.4 Å². The van der Waals surface area contributed by atoms with Gasteiger partial charge in [-0.1, -0.05) is 23.0 Å². The van der Waals surface area contributed by atoms with Crippen molar-refractivity contribution in [3.05, 3.63) is 0 Å². The zero-order valence-electron chi connectivity index (χ0n) is 19.2. The van der Waals surface area contributed by atoms with Gasteiger partial charge in [0.1, 0.15) is 12.3 Å². The lowest BCUT2D eigenvalue weighted by atomic mass is 10.3. The van der Waals surface area contributed by atoms with Crippen molar-refractivity contribution in [2.24, 2.45) is 0 Å². The highest BCUT2D eigenvalue weighted by atomic mass is 32.2. The standard InChI is InChI=1S/C17H36O10P2S2/c1-7-16(3,26-14-30(20,21)24-5)28(18)12-10-9-11-13-29(19)17(4,8-2)27-15-31(22,23)25-6/h7-15H2,1-6H3/q+2. The van der Waals surface area contributed by atoms with Gasteiger partial charge in [-0.15, -0.1) is 0 Å². The third-order valence-corrected chi connectivity index (χ3v) is 11.4. The fraction of sp³-hybridized carbons (Fsp3) is 1.00. The molecule has 0 N–H and O–H groups in total. The molecule has 0 rings (SSSR count). The Hall–Kier alpha value is -0.0600. The fourth-order valence-corrected chi connectivity index (χ4v) is 6.62. The summed E-state index contributed by atoms with van der Waals surface area (Å²) in [6, 6.07) is 0. The van der Waals surface area contributed by atoms with Crippen LogP contribution in [0.2, 0.25) is 0 Å². The van der Waals surface area contributed by atoms with E-state index in [1.165, 1.54) is 0 Å². The Balaban J connectivity index is 4.55. The number of ether oxygens (including phenoxy) is 2. The maximum Gasteiger partial charge on any atom is 0.373 e. The second kappa shape index (κ2) is 13.6. The summed E-state index contributed by atoms with van der Waals surface area (Å²) >= 11 is 0. The molecule has 0 fully saturated rings. The monoisotopic (exact) mass is 526 g/mol. The molecule has 0 radical (unpaired) electrons. The molecule has 0 saturated carbocycles. The van der Waals surface area contributed by atoms with Gasteiger partial charge in [0.25, 0.3) is 30.9 Å². The minimum atomic E-state index is -3.81. The molecule has 31 heavy (non-hydrogen) atoms. The fourth-order valence-electron chi connectivity index (χ4n) is 2.36. The Morgan fingerprint density at radius 2 is 1.00 bits per heavy atom. The second-order valence-electron chi connectivity index (χ2n) is 7.30. The first-order valence-corrected chi connectivity index (χ1v) is 16.0. The van der Waals surface area contributed by atoms with Crippen LogP contribution in [0.4, 0.5) is 0 Å². The predicted molar refractivity (Wildman–Crippen MR) is 120 cm³/mol. The molecule has 0 heterocycles. The van der Waals surface area contributed by atoms with Crippen LogP contribution in [-0.4, -0.2) is 65.9 Å². The highest BCUT2D eigenvalue weighted by Gasteiger charge is 2.45. The van der Waals surface area contributed by atoms with Crippen LogP contribution in [0.25, 0.3) is 0 Å². The summed E-state index contributed by atoms with van der Waals surface area (Å²) in [5.41, 5.74) is 0. The van der Waals surface area contributed by atoms with E-state index in [1.54, 1.807) is 27.7 Å². The predicted octanol–water partition coefficient (Wildman–Crippen LogP) is 3.96. The Morgan fingerprint density at radius 3 is 1.26 bits per heavy atom. The zero-order chi connectivity index (χ0) is 24.3. The topological polar surface area (TPSA) is 139 Å². The van der Waals surface area contributed by atoms with Gasteiger partial charge < -0.3 is 9.47 Å². The van der Waals surface area contributed by atoms with Crippen LogP contribution in [0, 0.1) is 0 Å². The van der Waals surface area contributed by atoms with Crippen molar-refractivity contribution >= 4 is 35.8 Å². The van der Waals surface area contributed by atoms with E-state index in [9.17, 15) is 26.0 Å². The third-order valence-electron chi connectivity index (χ3n) is 5.13. The van der Waals surface area contributed by atoms with Gasteiger partial charge in [0, 0.05) is 26.7 Å². The van der Waals surface area contributed by atoms with E-state index in [1.807, 2.05) is 0 Å². The first kappa shape index (κ1) is 30.9. The quantitative estimate of drug-likeness (QED) is 0.146. The largest absolute Gasteiger partial charge is 0.373 e. The van der Waals surface area contributed by atoms with Crippen LogP contribution in [0.15, 0.2) is 0 Å². The molecule has 4 unspecified atom stereocenters. The Labute approximate surface area is 188 Å². The maximum absolute atomic E-state index is 12.7. The molecule has 0 bridgehead atoms. The lowest BCUT2D eigenvalue weighted by Gasteiger charge is -2.18. The number of rotatable bonds is 18.